The number of nitrogens with zero attached hydrogens (tertiary/aromatic N) is 5. The van der Waals surface area contributed by atoms with Crippen LogP contribution in [0, 0.1) is 3.57 Å². The van der Waals surface area contributed by atoms with Gasteiger partial charge in [-0.1, -0.05) is 30.8 Å². The van der Waals surface area contributed by atoms with Crippen molar-refractivity contribution in [3.63, 3.8) is 0 Å². The van der Waals surface area contributed by atoms with Crippen molar-refractivity contribution in [3.05, 3.63) is 39.6 Å². The Morgan fingerprint density at radius 1 is 1.24 bits per heavy atom. The zero-order valence-corrected chi connectivity index (χ0v) is 19.2. The van der Waals surface area contributed by atoms with Crippen LogP contribution in [0.15, 0.2) is 35.6 Å². The highest BCUT2D eigenvalue weighted by Gasteiger charge is 2.20. The topological polar surface area (TPSA) is 75.9 Å². The molecule has 3 heterocycles. The molecule has 1 aromatic carbocycles. The molecule has 152 valence electrons. The van der Waals surface area contributed by atoms with Gasteiger partial charge >= 0.3 is 0 Å². The molecule has 0 aliphatic carbocycles. The predicted molar refractivity (Wildman–Crippen MR) is 125 cm³/mol. The number of halogens is 1. The van der Waals surface area contributed by atoms with Crippen molar-refractivity contribution >= 4 is 57.1 Å². The van der Waals surface area contributed by atoms with Gasteiger partial charge in [0.15, 0.2) is 10.8 Å². The number of amides is 1. The average Bonchev–Trinajstić information content (AvgIpc) is 3.38. The number of anilines is 1. The van der Waals surface area contributed by atoms with Crippen molar-refractivity contribution < 1.29 is 4.79 Å². The average molecular weight is 522 g/mol. The first kappa shape index (κ1) is 20.4. The van der Waals surface area contributed by atoms with Crippen LogP contribution < -0.4 is 10.2 Å². The summed E-state index contributed by atoms with van der Waals surface area (Å²) < 4.78 is 2.81. The molecular weight excluding hydrogens is 499 g/mol. The van der Waals surface area contributed by atoms with Gasteiger partial charge in [0.25, 0.3) is 5.91 Å². The summed E-state index contributed by atoms with van der Waals surface area (Å²) in [6.45, 7) is 5.20. The van der Waals surface area contributed by atoms with Crippen LogP contribution >= 0.6 is 34.4 Å². The minimum absolute atomic E-state index is 0.0685. The highest BCUT2D eigenvalue weighted by Crippen LogP contribution is 2.29. The van der Waals surface area contributed by atoms with Crippen LogP contribution in [0.25, 0.3) is 11.0 Å². The van der Waals surface area contributed by atoms with E-state index in [1.54, 1.807) is 11.8 Å². The monoisotopic (exact) mass is 522 g/mol. The fourth-order valence-corrected chi connectivity index (χ4v) is 4.66. The number of aromatic nitrogens is 4. The Balaban J connectivity index is 1.53. The first-order valence-electron chi connectivity index (χ1n) is 9.81. The molecule has 1 saturated heterocycles. The molecule has 1 fully saturated rings. The van der Waals surface area contributed by atoms with E-state index in [4.69, 9.17) is 9.97 Å². The summed E-state index contributed by atoms with van der Waals surface area (Å²) in [7, 11) is 0. The molecule has 9 heteroatoms. The third-order valence-corrected chi connectivity index (χ3v) is 6.53. The molecule has 0 bridgehead atoms. The lowest BCUT2D eigenvalue weighted by Gasteiger charge is -2.17. The molecule has 0 spiro atoms. The quantitative estimate of drug-likeness (QED) is 0.291. The Hall–Kier alpha value is -1.88. The van der Waals surface area contributed by atoms with E-state index in [1.807, 2.05) is 35.1 Å². The fourth-order valence-electron chi connectivity index (χ4n) is 3.46. The summed E-state index contributed by atoms with van der Waals surface area (Å²) in [5, 5.41) is 9.30. The van der Waals surface area contributed by atoms with Crippen LogP contribution in [0.4, 0.5) is 5.82 Å². The number of hydrogen-bond acceptors (Lipinski definition) is 6. The van der Waals surface area contributed by atoms with E-state index in [-0.39, 0.29) is 5.91 Å². The van der Waals surface area contributed by atoms with Crippen molar-refractivity contribution in [2.45, 2.75) is 31.5 Å². The highest BCUT2D eigenvalue weighted by molar-refractivity contribution is 14.1. The standard InChI is InChI=1S/C20H23IN6OS/c1-2-29-20-24-17(26-10-5-6-11-26)15-13-23-27(18(15)25-20)12-9-22-19(28)14-7-3-4-8-16(14)21/h3-4,7-8,13H,2,5-6,9-12H2,1H3,(H,22,28). The summed E-state index contributed by atoms with van der Waals surface area (Å²) >= 11 is 3.82. The van der Waals surface area contributed by atoms with Crippen molar-refractivity contribution in [3.8, 4) is 0 Å². The highest BCUT2D eigenvalue weighted by atomic mass is 127. The van der Waals surface area contributed by atoms with E-state index in [2.05, 4.69) is 44.8 Å². The zero-order valence-electron chi connectivity index (χ0n) is 16.3. The lowest BCUT2D eigenvalue weighted by Crippen LogP contribution is -2.28. The Morgan fingerprint density at radius 2 is 2.03 bits per heavy atom. The Bertz CT molecular complexity index is 1020. The Morgan fingerprint density at radius 3 is 2.79 bits per heavy atom. The molecule has 7 nitrogen and oxygen atoms in total. The van der Waals surface area contributed by atoms with E-state index >= 15 is 0 Å². The fraction of sp³-hybridized carbons (Fsp3) is 0.400. The van der Waals surface area contributed by atoms with Gasteiger partial charge in [0, 0.05) is 23.2 Å². The molecule has 4 rings (SSSR count). The van der Waals surface area contributed by atoms with Gasteiger partial charge < -0.3 is 10.2 Å². The van der Waals surface area contributed by atoms with Gasteiger partial charge in [-0.2, -0.15) is 5.10 Å². The van der Waals surface area contributed by atoms with Crippen molar-refractivity contribution in [2.75, 3.05) is 30.3 Å². The van der Waals surface area contributed by atoms with E-state index in [0.717, 1.165) is 44.4 Å². The minimum atomic E-state index is -0.0685. The summed E-state index contributed by atoms with van der Waals surface area (Å²) in [4.78, 5) is 24.3. The normalized spacial score (nSPS) is 13.9. The number of carbonyl (C=O) groups excluding carboxylic acids is 1. The van der Waals surface area contributed by atoms with Crippen LogP contribution in [-0.4, -0.2) is 51.0 Å². The number of nitrogens with one attached hydrogen (secondary N) is 1. The second-order valence-electron chi connectivity index (χ2n) is 6.80. The van der Waals surface area contributed by atoms with Gasteiger partial charge in [0.1, 0.15) is 5.82 Å². The largest absolute Gasteiger partial charge is 0.356 e. The molecule has 0 saturated carbocycles. The maximum Gasteiger partial charge on any atom is 0.252 e. The van der Waals surface area contributed by atoms with Crippen molar-refractivity contribution in [2.24, 2.45) is 0 Å². The van der Waals surface area contributed by atoms with Crippen LogP contribution in [0.5, 0.6) is 0 Å². The molecule has 1 N–H and O–H groups in total. The third kappa shape index (κ3) is 4.50. The lowest BCUT2D eigenvalue weighted by atomic mass is 10.2. The number of fused-ring (bicyclic) bond motifs is 1. The van der Waals surface area contributed by atoms with Gasteiger partial charge in [-0.05, 0) is 53.3 Å². The molecule has 3 aromatic rings. The minimum Gasteiger partial charge on any atom is -0.356 e. The first-order chi connectivity index (χ1) is 14.2. The van der Waals surface area contributed by atoms with E-state index in [0.29, 0.717) is 18.7 Å². The van der Waals surface area contributed by atoms with Crippen LogP contribution in [-0.2, 0) is 6.54 Å². The molecular formula is C20H23IN6OS. The second kappa shape index (κ2) is 9.29. The van der Waals surface area contributed by atoms with Crippen LogP contribution in [0.2, 0.25) is 0 Å². The number of benzene rings is 1. The summed E-state index contributed by atoms with van der Waals surface area (Å²) in [5.41, 5.74) is 1.53. The predicted octanol–water partition coefficient (Wildman–Crippen LogP) is 3.57. The maximum atomic E-state index is 12.4. The van der Waals surface area contributed by atoms with Gasteiger partial charge in [0.05, 0.1) is 23.7 Å². The van der Waals surface area contributed by atoms with Crippen molar-refractivity contribution in [1.82, 2.24) is 25.1 Å². The van der Waals surface area contributed by atoms with Crippen LogP contribution in [0.3, 0.4) is 0 Å². The van der Waals surface area contributed by atoms with E-state index in [1.165, 1.54) is 12.8 Å². The second-order valence-corrected chi connectivity index (χ2v) is 9.19. The Kier molecular flexibility index (Phi) is 6.53. The van der Waals surface area contributed by atoms with Gasteiger partial charge in [-0.15, -0.1) is 0 Å². The number of rotatable bonds is 7. The third-order valence-electron chi connectivity index (χ3n) is 4.86. The SMILES string of the molecule is CCSc1nc(N2CCCC2)c2cnn(CCNC(=O)c3ccccc3I)c2n1. The van der Waals surface area contributed by atoms with Crippen molar-refractivity contribution in [1.29, 1.82) is 0 Å². The molecule has 0 atom stereocenters. The summed E-state index contributed by atoms with van der Waals surface area (Å²) in [6, 6.07) is 7.57. The number of thioether (sulfide) groups is 1. The van der Waals surface area contributed by atoms with Gasteiger partial charge in [-0.25, -0.2) is 14.6 Å². The van der Waals surface area contributed by atoms with E-state index < -0.39 is 0 Å². The lowest BCUT2D eigenvalue weighted by molar-refractivity contribution is 0.0951. The number of hydrogen-bond donors (Lipinski definition) is 1. The molecule has 29 heavy (non-hydrogen) atoms. The molecule has 0 unspecified atom stereocenters. The number of carbonyl (C=O) groups is 1. The first-order valence-corrected chi connectivity index (χ1v) is 11.9. The Labute approximate surface area is 187 Å². The summed E-state index contributed by atoms with van der Waals surface area (Å²) in [5.74, 6) is 1.84. The maximum absolute atomic E-state index is 12.4. The van der Waals surface area contributed by atoms with Gasteiger partial charge in [0.2, 0.25) is 0 Å². The molecule has 2 aromatic heterocycles. The molecule has 1 aliphatic rings. The summed E-state index contributed by atoms with van der Waals surface area (Å²) in [6.07, 6.45) is 4.24. The van der Waals surface area contributed by atoms with E-state index in [9.17, 15) is 4.79 Å². The molecule has 1 amide bonds. The smallest absolute Gasteiger partial charge is 0.252 e. The molecule has 0 radical (unpaired) electrons. The van der Waals surface area contributed by atoms with Gasteiger partial charge in [-0.3, -0.25) is 4.79 Å². The zero-order chi connectivity index (χ0) is 20.2. The molecule has 1 aliphatic heterocycles. The van der Waals surface area contributed by atoms with Crippen LogP contribution in [0.1, 0.15) is 30.1 Å².